The molecule has 6 rings (SSSR count). The van der Waals surface area contributed by atoms with Crippen LogP contribution in [0.1, 0.15) is 44.1 Å². The summed E-state index contributed by atoms with van der Waals surface area (Å²) in [4.78, 5) is 17.1. The van der Waals surface area contributed by atoms with Crippen LogP contribution in [0.3, 0.4) is 0 Å². The minimum Gasteiger partial charge on any atom is -0.493 e. The second-order valence-electron chi connectivity index (χ2n) is 8.81. The van der Waals surface area contributed by atoms with Crippen LogP contribution in [0, 0.1) is 17.3 Å². The molecular weight excluding hydrogens is 378 g/mol. The molecule has 0 N–H and O–H groups in total. The minimum atomic E-state index is -0.403. The molecule has 6 heteroatoms. The van der Waals surface area contributed by atoms with E-state index in [1.807, 2.05) is 18.2 Å². The molecule has 4 aliphatic carbocycles. The van der Waals surface area contributed by atoms with E-state index in [-0.39, 0.29) is 10.3 Å². The van der Waals surface area contributed by atoms with Gasteiger partial charge in [0.2, 0.25) is 5.90 Å². The fraction of sp³-hybridized carbons (Fsp3) is 0.545. The van der Waals surface area contributed by atoms with Gasteiger partial charge in [-0.15, -0.1) is 11.6 Å². The Morgan fingerprint density at radius 2 is 1.93 bits per heavy atom. The zero-order chi connectivity index (χ0) is 19.5. The van der Waals surface area contributed by atoms with Crippen molar-refractivity contribution >= 4 is 29.5 Å². The van der Waals surface area contributed by atoms with Gasteiger partial charge in [0.1, 0.15) is 0 Å². The van der Waals surface area contributed by atoms with E-state index in [4.69, 9.17) is 25.8 Å². The SMILES string of the molecule is COc1cccc(C=C2N=C(C34CC5CC(CC(Cl)(C5)C3)C4)OC2=O)c1OC. The largest absolute Gasteiger partial charge is 0.493 e. The number of halogens is 1. The monoisotopic (exact) mass is 401 g/mol. The standard InChI is InChI=1S/C22H24ClNO4/c1-26-17-5-3-4-15(18(17)27-2)7-16-19(25)28-20(24-16)21-8-13-6-14(9-21)11-22(23,10-13)12-21/h3-5,7,13-14H,6,8-12H2,1-2H3. The topological polar surface area (TPSA) is 57.1 Å². The van der Waals surface area contributed by atoms with Crippen molar-refractivity contribution in [1.82, 2.24) is 0 Å². The first kappa shape index (κ1) is 18.0. The van der Waals surface area contributed by atoms with Crippen LogP contribution < -0.4 is 9.47 Å². The summed E-state index contributed by atoms with van der Waals surface area (Å²) in [5.74, 6) is 2.59. The highest BCUT2D eigenvalue weighted by Gasteiger charge is 2.60. The minimum absolute atomic E-state index is 0.151. The summed E-state index contributed by atoms with van der Waals surface area (Å²) in [5.41, 5.74) is 0.856. The third kappa shape index (κ3) is 2.74. The van der Waals surface area contributed by atoms with E-state index in [1.54, 1.807) is 20.3 Å². The quantitative estimate of drug-likeness (QED) is 0.421. The van der Waals surface area contributed by atoms with E-state index in [9.17, 15) is 4.79 Å². The van der Waals surface area contributed by atoms with Gasteiger partial charge in [0, 0.05) is 15.9 Å². The third-order valence-electron chi connectivity index (χ3n) is 6.79. The second-order valence-corrected chi connectivity index (χ2v) is 9.61. The lowest BCUT2D eigenvalue weighted by molar-refractivity contribution is -0.131. The Kier molecular flexibility index (Phi) is 4.02. The number of hydrogen-bond donors (Lipinski definition) is 0. The van der Waals surface area contributed by atoms with E-state index in [0.29, 0.717) is 34.9 Å². The smallest absolute Gasteiger partial charge is 0.363 e. The molecule has 1 aromatic rings. The number of benzene rings is 1. The van der Waals surface area contributed by atoms with Gasteiger partial charge in [-0.05, 0) is 62.5 Å². The molecule has 0 saturated heterocycles. The lowest BCUT2D eigenvalue weighted by Crippen LogP contribution is -2.56. The maximum atomic E-state index is 12.6. The summed E-state index contributed by atoms with van der Waals surface area (Å²) in [6, 6.07) is 5.54. The maximum absolute atomic E-state index is 12.6. The predicted molar refractivity (Wildman–Crippen MR) is 107 cm³/mol. The van der Waals surface area contributed by atoms with Crippen LogP contribution in [0.4, 0.5) is 0 Å². The Morgan fingerprint density at radius 1 is 1.18 bits per heavy atom. The van der Waals surface area contributed by atoms with E-state index in [2.05, 4.69) is 4.99 Å². The molecule has 5 aliphatic rings. The highest BCUT2D eigenvalue weighted by atomic mass is 35.5. The van der Waals surface area contributed by atoms with Crippen molar-refractivity contribution in [2.24, 2.45) is 22.2 Å². The van der Waals surface area contributed by atoms with Gasteiger partial charge in [0.15, 0.2) is 17.2 Å². The number of methoxy groups -OCH3 is 2. The molecule has 2 unspecified atom stereocenters. The van der Waals surface area contributed by atoms with Crippen LogP contribution in [-0.2, 0) is 9.53 Å². The maximum Gasteiger partial charge on any atom is 0.363 e. The lowest BCUT2D eigenvalue weighted by atomic mass is 9.49. The molecule has 4 bridgehead atoms. The first-order valence-electron chi connectivity index (χ1n) is 9.87. The molecule has 5 nitrogen and oxygen atoms in total. The number of ether oxygens (including phenoxy) is 3. The summed E-state index contributed by atoms with van der Waals surface area (Å²) in [6.07, 6.45) is 8.04. The van der Waals surface area contributed by atoms with E-state index >= 15 is 0 Å². The number of hydrogen-bond acceptors (Lipinski definition) is 5. The zero-order valence-corrected chi connectivity index (χ0v) is 16.9. The first-order valence-corrected chi connectivity index (χ1v) is 10.2. The average molecular weight is 402 g/mol. The van der Waals surface area contributed by atoms with Crippen molar-refractivity contribution in [3.8, 4) is 11.5 Å². The number of nitrogens with zero attached hydrogens (tertiary/aromatic N) is 1. The Bertz CT molecular complexity index is 892. The Balaban J connectivity index is 1.51. The van der Waals surface area contributed by atoms with Crippen LogP contribution in [-0.4, -0.2) is 31.0 Å². The summed E-state index contributed by atoms with van der Waals surface area (Å²) in [7, 11) is 3.17. The van der Waals surface area contributed by atoms with Gasteiger partial charge >= 0.3 is 5.97 Å². The number of esters is 1. The highest BCUT2D eigenvalue weighted by Crippen LogP contribution is 2.64. The molecule has 2 atom stereocenters. The second kappa shape index (κ2) is 6.24. The van der Waals surface area contributed by atoms with Gasteiger partial charge in [-0.25, -0.2) is 9.79 Å². The molecule has 1 heterocycles. The fourth-order valence-electron chi connectivity index (χ4n) is 6.21. The van der Waals surface area contributed by atoms with Gasteiger partial charge in [0.25, 0.3) is 0 Å². The lowest BCUT2D eigenvalue weighted by Gasteiger charge is -2.59. The molecule has 1 aromatic carbocycles. The molecule has 1 aliphatic heterocycles. The summed E-state index contributed by atoms with van der Waals surface area (Å²) in [5, 5.41) is 0. The van der Waals surface area contributed by atoms with Crippen molar-refractivity contribution < 1.29 is 19.0 Å². The van der Waals surface area contributed by atoms with Crippen molar-refractivity contribution in [2.75, 3.05) is 14.2 Å². The van der Waals surface area contributed by atoms with Crippen molar-refractivity contribution in [1.29, 1.82) is 0 Å². The Morgan fingerprint density at radius 3 is 2.57 bits per heavy atom. The molecule has 0 radical (unpaired) electrons. The molecule has 0 aromatic heterocycles. The molecule has 4 fully saturated rings. The number of carbonyl (C=O) groups excluding carboxylic acids is 1. The van der Waals surface area contributed by atoms with Crippen molar-refractivity contribution in [3.05, 3.63) is 29.5 Å². The van der Waals surface area contributed by atoms with E-state index < -0.39 is 5.97 Å². The van der Waals surface area contributed by atoms with Gasteiger partial charge in [0.05, 0.1) is 14.2 Å². The van der Waals surface area contributed by atoms with Gasteiger partial charge < -0.3 is 14.2 Å². The molecule has 0 amide bonds. The van der Waals surface area contributed by atoms with Crippen molar-refractivity contribution in [3.63, 3.8) is 0 Å². The number of rotatable bonds is 4. The number of carbonyl (C=O) groups is 1. The molecule has 148 valence electrons. The average Bonchev–Trinajstić information content (AvgIpc) is 3.01. The third-order valence-corrected chi connectivity index (χ3v) is 7.23. The zero-order valence-electron chi connectivity index (χ0n) is 16.2. The Hall–Kier alpha value is -2.01. The number of alkyl halides is 1. The normalized spacial score (nSPS) is 37.2. The van der Waals surface area contributed by atoms with Crippen LogP contribution >= 0.6 is 11.6 Å². The molecular formula is C22H24ClNO4. The van der Waals surface area contributed by atoms with E-state index in [1.165, 1.54) is 6.42 Å². The predicted octanol–water partition coefficient (Wildman–Crippen LogP) is 4.58. The molecule has 0 spiro atoms. The summed E-state index contributed by atoms with van der Waals surface area (Å²) < 4.78 is 16.5. The van der Waals surface area contributed by atoms with Gasteiger partial charge in [-0.1, -0.05) is 12.1 Å². The molecule has 4 saturated carbocycles. The number of cyclic esters (lactones) is 1. The highest BCUT2D eigenvalue weighted by molar-refractivity contribution is 6.24. The van der Waals surface area contributed by atoms with Crippen LogP contribution in [0.5, 0.6) is 11.5 Å². The van der Waals surface area contributed by atoms with Gasteiger partial charge in [-0.2, -0.15) is 0 Å². The van der Waals surface area contributed by atoms with Crippen LogP contribution in [0.2, 0.25) is 0 Å². The van der Waals surface area contributed by atoms with E-state index in [0.717, 1.165) is 37.7 Å². The Labute approximate surface area is 169 Å². The van der Waals surface area contributed by atoms with Crippen LogP contribution in [0.15, 0.2) is 28.9 Å². The summed E-state index contributed by atoms with van der Waals surface area (Å²) in [6.45, 7) is 0. The van der Waals surface area contributed by atoms with Gasteiger partial charge in [-0.3, -0.25) is 0 Å². The van der Waals surface area contributed by atoms with Crippen molar-refractivity contribution in [2.45, 2.75) is 43.4 Å². The summed E-state index contributed by atoms with van der Waals surface area (Å²) >= 11 is 6.93. The number of aliphatic imine (C=N–C) groups is 1. The first-order chi connectivity index (χ1) is 13.4. The number of para-hydroxylation sites is 1. The molecule has 28 heavy (non-hydrogen) atoms. The fourth-order valence-corrected chi connectivity index (χ4v) is 6.90. The van der Waals surface area contributed by atoms with Crippen LogP contribution in [0.25, 0.3) is 6.08 Å².